The van der Waals surface area contributed by atoms with Crippen LogP contribution in [0.25, 0.3) is 0 Å². The number of pyridine rings is 1. The first-order valence-electron chi connectivity index (χ1n) is 9.53. The van der Waals surface area contributed by atoms with Gasteiger partial charge in [-0.2, -0.15) is 0 Å². The van der Waals surface area contributed by atoms with Crippen molar-refractivity contribution in [3.63, 3.8) is 0 Å². The number of aryl methyl sites for hydroxylation is 1. The summed E-state index contributed by atoms with van der Waals surface area (Å²) in [7, 11) is 0. The molecule has 1 fully saturated rings. The molecular weight excluding hydrogens is 352 g/mol. The fourth-order valence-electron chi connectivity index (χ4n) is 3.52. The van der Waals surface area contributed by atoms with E-state index in [-0.39, 0.29) is 11.8 Å². The molecule has 1 unspecified atom stereocenters. The predicted octanol–water partition coefficient (Wildman–Crippen LogP) is 3.03. The number of aromatic nitrogens is 3. The van der Waals surface area contributed by atoms with Gasteiger partial charge in [-0.25, -0.2) is 4.98 Å². The van der Waals surface area contributed by atoms with Gasteiger partial charge in [0.2, 0.25) is 0 Å². The van der Waals surface area contributed by atoms with Gasteiger partial charge in [0.15, 0.2) is 6.10 Å². The highest BCUT2D eigenvalue weighted by atomic mass is 16.5. The molecule has 0 saturated carbocycles. The summed E-state index contributed by atoms with van der Waals surface area (Å²) in [5.74, 6) is 2.01. The van der Waals surface area contributed by atoms with Crippen LogP contribution in [0.1, 0.15) is 29.9 Å². The molecule has 3 heterocycles. The molecule has 1 aliphatic heterocycles. The van der Waals surface area contributed by atoms with Crippen molar-refractivity contribution in [3.05, 3.63) is 78.1 Å². The third-order valence-corrected chi connectivity index (χ3v) is 5.11. The number of benzene rings is 1. The summed E-state index contributed by atoms with van der Waals surface area (Å²) in [4.78, 5) is 23.3. The third-order valence-electron chi connectivity index (χ3n) is 5.11. The van der Waals surface area contributed by atoms with Crippen molar-refractivity contribution in [2.24, 2.45) is 0 Å². The number of hydrogen-bond donors (Lipinski definition) is 0. The first kappa shape index (κ1) is 18.2. The Morgan fingerprint density at radius 1 is 1.18 bits per heavy atom. The van der Waals surface area contributed by atoms with Crippen molar-refractivity contribution < 1.29 is 9.53 Å². The lowest BCUT2D eigenvalue weighted by Gasteiger charge is -2.40. The second-order valence-corrected chi connectivity index (χ2v) is 7.22. The Morgan fingerprint density at radius 3 is 2.68 bits per heavy atom. The first-order chi connectivity index (χ1) is 13.6. The zero-order chi connectivity index (χ0) is 19.5. The van der Waals surface area contributed by atoms with Crippen molar-refractivity contribution in [1.82, 2.24) is 19.4 Å². The van der Waals surface area contributed by atoms with E-state index in [1.807, 2.05) is 53.7 Å². The Hall–Kier alpha value is -3.15. The van der Waals surface area contributed by atoms with Crippen LogP contribution in [-0.2, 0) is 11.3 Å². The summed E-state index contributed by atoms with van der Waals surface area (Å²) in [5, 5.41) is 0. The molecule has 1 amide bonds. The number of hydrogen-bond acceptors (Lipinski definition) is 4. The summed E-state index contributed by atoms with van der Waals surface area (Å²) in [6, 6.07) is 13.5. The van der Waals surface area contributed by atoms with Gasteiger partial charge in [-0.3, -0.25) is 9.78 Å². The van der Waals surface area contributed by atoms with Crippen LogP contribution in [0.2, 0.25) is 0 Å². The SMILES string of the molecule is Cc1cnc(C2CN(C(=O)C(C)Oc3ccccc3)C2)n1Cc1cccnc1. The second kappa shape index (κ2) is 7.84. The quantitative estimate of drug-likeness (QED) is 0.663. The zero-order valence-corrected chi connectivity index (χ0v) is 16.2. The van der Waals surface area contributed by atoms with Crippen LogP contribution in [0.15, 0.2) is 61.1 Å². The Bertz CT molecular complexity index is 934. The summed E-state index contributed by atoms with van der Waals surface area (Å²) in [6.07, 6.45) is 5.05. The van der Waals surface area contributed by atoms with Gasteiger partial charge in [-0.15, -0.1) is 0 Å². The normalized spacial score (nSPS) is 15.1. The Labute approximate surface area is 164 Å². The van der Waals surface area contributed by atoms with E-state index >= 15 is 0 Å². The number of amides is 1. The molecule has 1 aliphatic rings. The number of likely N-dealkylation sites (tertiary alicyclic amines) is 1. The number of imidazole rings is 1. The topological polar surface area (TPSA) is 60.3 Å². The molecule has 6 heteroatoms. The van der Waals surface area contributed by atoms with Crippen LogP contribution >= 0.6 is 0 Å². The van der Waals surface area contributed by atoms with Gasteiger partial charge in [0.05, 0.1) is 12.5 Å². The fraction of sp³-hybridized carbons (Fsp3) is 0.318. The standard InChI is InChI=1S/C22H24N4O2/c1-16-11-24-21(26(16)13-18-7-6-10-23-12-18)19-14-25(15-19)22(27)17(2)28-20-8-4-3-5-9-20/h3-12,17,19H,13-15H2,1-2H3. The number of rotatable bonds is 6. The van der Waals surface area contributed by atoms with Gasteiger partial charge in [-0.1, -0.05) is 24.3 Å². The molecule has 0 radical (unpaired) electrons. The van der Waals surface area contributed by atoms with Gasteiger partial charge in [0, 0.05) is 37.4 Å². The van der Waals surface area contributed by atoms with E-state index in [1.165, 1.54) is 0 Å². The van der Waals surface area contributed by atoms with E-state index in [9.17, 15) is 4.79 Å². The molecule has 4 rings (SSSR count). The van der Waals surface area contributed by atoms with Crippen molar-refractivity contribution in [2.75, 3.05) is 13.1 Å². The zero-order valence-electron chi connectivity index (χ0n) is 16.2. The monoisotopic (exact) mass is 376 g/mol. The van der Waals surface area contributed by atoms with E-state index in [4.69, 9.17) is 4.74 Å². The maximum Gasteiger partial charge on any atom is 0.263 e. The highest BCUT2D eigenvalue weighted by Gasteiger charge is 2.37. The number of carbonyl (C=O) groups excluding carboxylic acids is 1. The van der Waals surface area contributed by atoms with Crippen molar-refractivity contribution in [1.29, 1.82) is 0 Å². The molecule has 3 aromatic rings. The van der Waals surface area contributed by atoms with Crippen molar-refractivity contribution in [2.45, 2.75) is 32.4 Å². The molecule has 0 bridgehead atoms. The van der Waals surface area contributed by atoms with E-state index in [2.05, 4.69) is 27.5 Å². The molecule has 2 aromatic heterocycles. The van der Waals surface area contributed by atoms with E-state index in [0.717, 1.165) is 23.6 Å². The lowest BCUT2D eigenvalue weighted by Crippen LogP contribution is -2.53. The molecule has 6 nitrogen and oxygen atoms in total. The van der Waals surface area contributed by atoms with E-state index in [1.54, 1.807) is 13.1 Å². The lowest BCUT2D eigenvalue weighted by molar-refractivity contribution is -0.142. The minimum atomic E-state index is -0.500. The summed E-state index contributed by atoms with van der Waals surface area (Å²) in [5.41, 5.74) is 2.26. The van der Waals surface area contributed by atoms with Gasteiger partial charge in [-0.05, 0) is 37.6 Å². The fourth-order valence-corrected chi connectivity index (χ4v) is 3.52. The predicted molar refractivity (Wildman–Crippen MR) is 106 cm³/mol. The van der Waals surface area contributed by atoms with Crippen LogP contribution in [-0.4, -0.2) is 44.5 Å². The van der Waals surface area contributed by atoms with E-state index in [0.29, 0.717) is 18.8 Å². The van der Waals surface area contributed by atoms with Gasteiger partial charge in [0.25, 0.3) is 5.91 Å². The van der Waals surface area contributed by atoms with Gasteiger partial charge in [0.1, 0.15) is 11.6 Å². The molecule has 1 saturated heterocycles. The summed E-state index contributed by atoms with van der Waals surface area (Å²) >= 11 is 0. The number of nitrogens with zero attached hydrogens (tertiary/aromatic N) is 4. The summed E-state index contributed by atoms with van der Waals surface area (Å²) in [6.45, 7) is 5.95. The Kier molecular flexibility index (Phi) is 5.10. The number of carbonyl (C=O) groups is 1. The van der Waals surface area contributed by atoms with Gasteiger partial charge >= 0.3 is 0 Å². The third kappa shape index (κ3) is 3.76. The van der Waals surface area contributed by atoms with Crippen molar-refractivity contribution in [3.8, 4) is 5.75 Å². The van der Waals surface area contributed by atoms with E-state index < -0.39 is 6.10 Å². The lowest BCUT2D eigenvalue weighted by atomic mass is 9.98. The average molecular weight is 376 g/mol. The Morgan fingerprint density at radius 2 is 1.96 bits per heavy atom. The van der Waals surface area contributed by atoms with Crippen LogP contribution in [0.4, 0.5) is 0 Å². The molecule has 144 valence electrons. The molecule has 0 aliphatic carbocycles. The number of ether oxygens (including phenoxy) is 1. The number of para-hydroxylation sites is 1. The Balaban J connectivity index is 1.38. The van der Waals surface area contributed by atoms with Crippen LogP contribution in [0.5, 0.6) is 5.75 Å². The van der Waals surface area contributed by atoms with Crippen molar-refractivity contribution >= 4 is 5.91 Å². The maximum atomic E-state index is 12.7. The molecule has 1 atom stereocenters. The van der Waals surface area contributed by atoms with Crippen LogP contribution in [0, 0.1) is 6.92 Å². The van der Waals surface area contributed by atoms with Gasteiger partial charge < -0.3 is 14.2 Å². The van der Waals surface area contributed by atoms with Crippen LogP contribution < -0.4 is 4.74 Å². The van der Waals surface area contributed by atoms with Crippen LogP contribution in [0.3, 0.4) is 0 Å². The first-order valence-corrected chi connectivity index (χ1v) is 9.53. The molecule has 0 spiro atoms. The minimum Gasteiger partial charge on any atom is -0.481 e. The molecule has 28 heavy (non-hydrogen) atoms. The second-order valence-electron chi connectivity index (χ2n) is 7.22. The highest BCUT2D eigenvalue weighted by Crippen LogP contribution is 2.28. The average Bonchev–Trinajstić information content (AvgIpc) is 3.02. The smallest absolute Gasteiger partial charge is 0.263 e. The maximum absolute atomic E-state index is 12.7. The largest absolute Gasteiger partial charge is 0.481 e. The highest BCUT2D eigenvalue weighted by molar-refractivity contribution is 5.81. The summed E-state index contributed by atoms with van der Waals surface area (Å²) < 4.78 is 7.98. The molecule has 0 N–H and O–H groups in total. The molecular formula is C22H24N4O2. The molecule has 1 aromatic carbocycles. The minimum absolute atomic E-state index is 0.0159.